The van der Waals surface area contributed by atoms with Crippen LogP contribution in [0.4, 0.5) is 0 Å². The van der Waals surface area contributed by atoms with Crippen molar-refractivity contribution in [2.45, 2.75) is 44.6 Å². The van der Waals surface area contributed by atoms with Crippen LogP contribution < -0.4 is 10.1 Å². The van der Waals surface area contributed by atoms with Crippen LogP contribution in [0.5, 0.6) is 5.75 Å². The largest absolute Gasteiger partial charge is 0.494 e. The van der Waals surface area contributed by atoms with Gasteiger partial charge in [-0.3, -0.25) is 0 Å². The van der Waals surface area contributed by atoms with Gasteiger partial charge in [-0.25, -0.2) is 0 Å². The number of hydrogen-bond donors (Lipinski definition) is 1. The average Bonchev–Trinajstić information content (AvgIpc) is 2.77. The van der Waals surface area contributed by atoms with Gasteiger partial charge in [-0.15, -0.1) is 0 Å². The molecule has 0 heterocycles. The van der Waals surface area contributed by atoms with E-state index in [-0.39, 0.29) is 0 Å². The molecular weight excluding hydrogens is 210 g/mol. The molecule has 2 heteroatoms. The molecule has 94 valence electrons. The SMILES string of the molecule is CC1(NCCCOc2ccccc2)CCCC1. The first kappa shape index (κ1) is 12.4. The van der Waals surface area contributed by atoms with Gasteiger partial charge in [0.15, 0.2) is 0 Å². The zero-order valence-electron chi connectivity index (χ0n) is 10.7. The summed E-state index contributed by atoms with van der Waals surface area (Å²) in [5.41, 5.74) is 0.396. The van der Waals surface area contributed by atoms with Crippen molar-refractivity contribution in [3.8, 4) is 5.75 Å². The first-order valence-electron chi connectivity index (χ1n) is 6.71. The zero-order chi connectivity index (χ0) is 12.0. The van der Waals surface area contributed by atoms with Gasteiger partial charge in [-0.05, 0) is 44.9 Å². The second-order valence-corrected chi connectivity index (χ2v) is 5.21. The highest BCUT2D eigenvalue weighted by Crippen LogP contribution is 2.28. The van der Waals surface area contributed by atoms with Crippen LogP contribution >= 0.6 is 0 Å². The molecule has 1 aliphatic rings. The van der Waals surface area contributed by atoms with Crippen molar-refractivity contribution in [1.82, 2.24) is 5.32 Å². The molecule has 1 saturated carbocycles. The Morgan fingerprint density at radius 1 is 1.18 bits per heavy atom. The Balaban J connectivity index is 1.58. The van der Waals surface area contributed by atoms with Crippen LogP contribution in [0.1, 0.15) is 39.0 Å². The predicted octanol–water partition coefficient (Wildman–Crippen LogP) is 3.38. The zero-order valence-corrected chi connectivity index (χ0v) is 10.7. The summed E-state index contributed by atoms with van der Waals surface area (Å²) in [7, 11) is 0. The lowest BCUT2D eigenvalue weighted by atomic mass is 10.0. The van der Waals surface area contributed by atoms with E-state index in [0.29, 0.717) is 5.54 Å². The van der Waals surface area contributed by atoms with Gasteiger partial charge in [0.1, 0.15) is 5.75 Å². The van der Waals surface area contributed by atoms with Crippen molar-refractivity contribution < 1.29 is 4.74 Å². The summed E-state index contributed by atoms with van der Waals surface area (Å²) in [5.74, 6) is 0.972. The molecule has 0 spiro atoms. The third kappa shape index (κ3) is 4.04. The van der Waals surface area contributed by atoms with E-state index in [1.165, 1.54) is 25.7 Å². The molecule has 2 nitrogen and oxygen atoms in total. The molecule has 0 amide bonds. The summed E-state index contributed by atoms with van der Waals surface area (Å²) in [6.07, 6.45) is 6.48. The van der Waals surface area contributed by atoms with E-state index in [9.17, 15) is 0 Å². The Bertz CT molecular complexity index is 317. The quantitative estimate of drug-likeness (QED) is 0.761. The lowest BCUT2D eigenvalue weighted by Crippen LogP contribution is -2.40. The smallest absolute Gasteiger partial charge is 0.119 e. The number of rotatable bonds is 6. The molecule has 2 rings (SSSR count). The summed E-state index contributed by atoms with van der Waals surface area (Å²) >= 11 is 0. The first-order chi connectivity index (χ1) is 8.29. The van der Waals surface area contributed by atoms with Crippen molar-refractivity contribution in [1.29, 1.82) is 0 Å². The van der Waals surface area contributed by atoms with E-state index in [1.54, 1.807) is 0 Å². The second-order valence-electron chi connectivity index (χ2n) is 5.21. The van der Waals surface area contributed by atoms with Crippen LogP contribution in [0.25, 0.3) is 0 Å². The third-order valence-electron chi connectivity index (χ3n) is 3.59. The van der Waals surface area contributed by atoms with Gasteiger partial charge in [0.2, 0.25) is 0 Å². The Labute approximate surface area is 104 Å². The van der Waals surface area contributed by atoms with Crippen molar-refractivity contribution in [3.63, 3.8) is 0 Å². The molecular formula is C15H23NO. The maximum absolute atomic E-state index is 5.66. The topological polar surface area (TPSA) is 21.3 Å². The Morgan fingerprint density at radius 3 is 2.59 bits per heavy atom. The minimum atomic E-state index is 0.396. The van der Waals surface area contributed by atoms with E-state index in [0.717, 1.165) is 25.3 Å². The monoisotopic (exact) mass is 233 g/mol. The van der Waals surface area contributed by atoms with E-state index >= 15 is 0 Å². The molecule has 1 fully saturated rings. The fourth-order valence-corrected chi connectivity index (χ4v) is 2.50. The summed E-state index contributed by atoms with van der Waals surface area (Å²) in [6.45, 7) is 4.20. The molecule has 0 aromatic heterocycles. The van der Waals surface area contributed by atoms with Crippen LogP contribution in [0.3, 0.4) is 0 Å². The van der Waals surface area contributed by atoms with Crippen LogP contribution in [0.2, 0.25) is 0 Å². The van der Waals surface area contributed by atoms with Crippen LogP contribution in [0.15, 0.2) is 30.3 Å². The van der Waals surface area contributed by atoms with E-state index < -0.39 is 0 Å². The average molecular weight is 233 g/mol. The summed E-state index contributed by atoms with van der Waals surface area (Å²) < 4.78 is 5.66. The summed E-state index contributed by atoms with van der Waals surface area (Å²) in [6, 6.07) is 10.0. The molecule has 0 unspecified atom stereocenters. The van der Waals surface area contributed by atoms with Gasteiger partial charge in [0, 0.05) is 5.54 Å². The van der Waals surface area contributed by atoms with Gasteiger partial charge in [0.05, 0.1) is 6.61 Å². The first-order valence-corrected chi connectivity index (χ1v) is 6.71. The Hall–Kier alpha value is -1.02. The molecule has 0 atom stereocenters. The summed E-state index contributed by atoms with van der Waals surface area (Å²) in [4.78, 5) is 0. The lowest BCUT2D eigenvalue weighted by molar-refractivity contribution is 0.290. The van der Waals surface area contributed by atoms with Crippen LogP contribution in [-0.4, -0.2) is 18.7 Å². The second kappa shape index (κ2) is 6.06. The van der Waals surface area contributed by atoms with Crippen molar-refractivity contribution in [2.75, 3.05) is 13.2 Å². The van der Waals surface area contributed by atoms with Crippen molar-refractivity contribution in [3.05, 3.63) is 30.3 Å². The number of para-hydroxylation sites is 1. The molecule has 17 heavy (non-hydrogen) atoms. The van der Waals surface area contributed by atoms with Crippen LogP contribution in [0, 0.1) is 0 Å². The fourth-order valence-electron chi connectivity index (χ4n) is 2.50. The van der Waals surface area contributed by atoms with Gasteiger partial charge in [0.25, 0.3) is 0 Å². The minimum absolute atomic E-state index is 0.396. The number of nitrogens with one attached hydrogen (secondary N) is 1. The van der Waals surface area contributed by atoms with E-state index in [2.05, 4.69) is 12.2 Å². The van der Waals surface area contributed by atoms with Gasteiger partial charge < -0.3 is 10.1 Å². The molecule has 1 N–H and O–H groups in total. The van der Waals surface area contributed by atoms with E-state index in [4.69, 9.17) is 4.74 Å². The van der Waals surface area contributed by atoms with E-state index in [1.807, 2.05) is 30.3 Å². The number of ether oxygens (including phenoxy) is 1. The normalized spacial score (nSPS) is 18.2. The van der Waals surface area contributed by atoms with Gasteiger partial charge in [-0.2, -0.15) is 0 Å². The molecule has 1 aliphatic carbocycles. The molecule has 1 aromatic carbocycles. The van der Waals surface area contributed by atoms with Crippen molar-refractivity contribution in [2.24, 2.45) is 0 Å². The number of hydrogen-bond acceptors (Lipinski definition) is 2. The molecule has 0 radical (unpaired) electrons. The number of benzene rings is 1. The summed E-state index contributed by atoms with van der Waals surface area (Å²) in [5, 5.41) is 3.66. The molecule has 0 saturated heterocycles. The maximum Gasteiger partial charge on any atom is 0.119 e. The maximum atomic E-state index is 5.66. The van der Waals surface area contributed by atoms with Crippen molar-refractivity contribution >= 4 is 0 Å². The third-order valence-corrected chi connectivity index (χ3v) is 3.59. The Kier molecular flexibility index (Phi) is 4.43. The highest BCUT2D eigenvalue weighted by atomic mass is 16.5. The standard InChI is InChI=1S/C15H23NO/c1-15(10-5-6-11-15)16-12-7-13-17-14-8-3-2-4-9-14/h2-4,8-9,16H,5-7,10-13H2,1H3. The highest BCUT2D eigenvalue weighted by Gasteiger charge is 2.27. The molecule has 0 aliphatic heterocycles. The predicted molar refractivity (Wildman–Crippen MR) is 71.4 cm³/mol. The van der Waals surface area contributed by atoms with Crippen LogP contribution in [-0.2, 0) is 0 Å². The molecule has 0 bridgehead atoms. The fraction of sp³-hybridized carbons (Fsp3) is 0.600. The minimum Gasteiger partial charge on any atom is -0.494 e. The Morgan fingerprint density at radius 2 is 1.88 bits per heavy atom. The lowest BCUT2D eigenvalue weighted by Gasteiger charge is -2.25. The van der Waals surface area contributed by atoms with Gasteiger partial charge in [-0.1, -0.05) is 31.0 Å². The molecule has 1 aromatic rings. The highest BCUT2D eigenvalue weighted by molar-refractivity contribution is 5.20. The van der Waals surface area contributed by atoms with Gasteiger partial charge >= 0.3 is 0 Å².